The summed E-state index contributed by atoms with van der Waals surface area (Å²) in [5.74, 6) is -0.817. The molecule has 0 fully saturated rings. The van der Waals surface area contributed by atoms with E-state index in [9.17, 15) is 14.2 Å². The molecule has 0 aromatic heterocycles. The van der Waals surface area contributed by atoms with Gasteiger partial charge in [-0.1, -0.05) is 12.1 Å². The predicted molar refractivity (Wildman–Crippen MR) is 61.0 cm³/mol. The van der Waals surface area contributed by atoms with Crippen LogP contribution in [0.5, 0.6) is 0 Å². The zero-order chi connectivity index (χ0) is 12.4. The molecular weight excluding hydrogens is 241 g/mol. The van der Waals surface area contributed by atoms with Crippen molar-refractivity contribution in [3.8, 4) is 0 Å². The highest BCUT2D eigenvalue weighted by Crippen LogP contribution is 2.29. The van der Waals surface area contributed by atoms with E-state index < -0.39 is 19.8 Å². The van der Waals surface area contributed by atoms with Crippen LogP contribution in [0.3, 0.4) is 0 Å². The highest BCUT2D eigenvalue weighted by atomic mass is 31.1. The number of hydrogen-bond donors (Lipinski definition) is 0. The maximum absolute atomic E-state index is 11.9. The van der Waals surface area contributed by atoms with Crippen LogP contribution >= 0.6 is 8.03 Å². The topological polar surface area (TPSA) is 63.7 Å². The van der Waals surface area contributed by atoms with Crippen LogP contribution in [-0.4, -0.2) is 29.6 Å². The van der Waals surface area contributed by atoms with Crippen LogP contribution in [0.15, 0.2) is 24.3 Å². The number of rotatable bonds is 4. The van der Waals surface area contributed by atoms with Crippen molar-refractivity contribution in [3.63, 3.8) is 0 Å². The second-order valence-corrected chi connectivity index (χ2v) is 4.68. The van der Waals surface area contributed by atoms with Crippen LogP contribution in [0.1, 0.15) is 27.6 Å². The van der Waals surface area contributed by atoms with Gasteiger partial charge in [0.25, 0.3) is 18.1 Å². The molecule has 1 aliphatic heterocycles. The Kier molecular flexibility index (Phi) is 3.31. The lowest BCUT2D eigenvalue weighted by Crippen LogP contribution is -2.29. The molecule has 1 heterocycles. The Hall–Kier alpha value is -1.58. The Morgan fingerprint density at radius 1 is 1.18 bits per heavy atom. The molecule has 0 aliphatic carbocycles. The maximum atomic E-state index is 11.9. The molecule has 1 atom stereocenters. The monoisotopic (exact) mass is 252 g/mol. The van der Waals surface area contributed by atoms with Crippen LogP contribution in [-0.2, 0) is 9.09 Å². The average molecular weight is 252 g/mol. The first-order chi connectivity index (χ1) is 8.15. The lowest BCUT2D eigenvalue weighted by atomic mass is 10.1. The summed E-state index contributed by atoms with van der Waals surface area (Å²) in [6.45, 7) is 1.99. The molecule has 5 nitrogen and oxygen atoms in total. The fraction of sp³-hybridized carbons (Fsp3) is 0.273. The lowest BCUT2D eigenvalue weighted by Gasteiger charge is -2.05. The number of amides is 2. The summed E-state index contributed by atoms with van der Waals surface area (Å²) in [4.78, 5) is 24.7. The first-order valence-corrected chi connectivity index (χ1v) is 6.54. The quantitative estimate of drug-likeness (QED) is 0.607. The molecule has 2 amide bonds. The average Bonchev–Trinajstić information content (AvgIpc) is 2.56. The van der Waals surface area contributed by atoms with Crippen LogP contribution in [0, 0.1) is 0 Å². The molecule has 0 radical (unpaired) electrons. The Bertz CT molecular complexity index is 465. The van der Waals surface area contributed by atoms with Gasteiger partial charge in [-0.05, 0) is 23.6 Å². The van der Waals surface area contributed by atoms with Gasteiger partial charge < -0.3 is 0 Å². The van der Waals surface area contributed by atoms with Crippen molar-refractivity contribution in [2.24, 2.45) is 0 Å². The molecule has 2 rings (SSSR count). The van der Waals surface area contributed by atoms with E-state index in [0.29, 0.717) is 17.7 Å². The van der Waals surface area contributed by atoms with E-state index in [-0.39, 0.29) is 6.29 Å². The van der Waals surface area contributed by atoms with E-state index in [0.717, 1.165) is 4.90 Å². The smallest absolute Gasteiger partial charge is 0.268 e. The van der Waals surface area contributed by atoms with Crippen molar-refractivity contribution in [1.82, 2.24) is 4.90 Å². The summed E-state index contributed by atoms with van der Waals surface area (Å²) in [7, 11) is -2.01. The number of nitrogens with zero attached hydrogens (tertiary/aromatic N) is 1. The molecule has 88 valence electrons. The van der Waals surface area contributed by atoms with Crippen molar-refractivity contribution >= 4 is 19.8 Å². The number of benzene rings is 1. The normalized spacial score (nSPS) is 15.1. The van der Waals surface area contributed by atoms with E-state index >= 15 is 0 Å². The van der Waals surface area contributed by atoms with Crippen LogP contribution < -0.4 is 0 Å². The van der Waals surface area contributed by atoms with E-state index in [1.807, 2.05) is 0 Å². The fourth-order valence-corrected chi connectivity index (χ4v) is 2.53. The van der Waals surface area contributed by atoms with E-state index in [1.165, 1.54) is 0 Å². The van der Waals surface area contributed by atoms with Crippen molar-refractivity contribution in [2.75, 3.05) is 12.9 Å². The van der Waals surface area contributed by atoms with Gasteiger partial charge in [0.05, 0.1) is 17.7 Å². The second-order valence-electron chi connectivity index (χ2n) is 3.48. The van der Waals surface area contributed by atoms with E-state index in [1.54, 1.807) is 31.2 Å². The highest BCUT2D eigenvalue weighted by molar-refractivity contribution is 7.39. The van der Waals surface area contributed by atoms with Gasteiger partial charge >= 0.3 is 8.03 Å². The standard InChI is InChI=1S/C11H11NO4P/c1-2-16-17(15)7-12-10(13)8-5-3-4-6-9(8)11(12)14/h3-6H,2,7H2,1H3/q+1. The summed E-state index contributed by atoms with van der Waals surface area (Å²) in [6.07, 6.45) is -0.185. The number of hydrogen-bond acceptors (Lipinski definition) is 4. The Morgan fingerprint density at radius 2 is 1.71 bits per heavy atom. The maximum Gasteiger partial charge on any atom is 0.530 e. The number of carbonyl (C=O) groups excluding carboxylic acids is 2. The summed E-state index contributed by atoms with van der Waals surface area (Å²) >= 11 is 0. The molecular formula is C11H11NO4P+. The molecule has 1 unspecified atom stereocenters. The zero-order valence-electron chi connectivity index (χ0n) is 9.25. The number of fused-ring (bicyclic) bond motifs is 1. The van der Waals surface area contributed by atoms with Crippen molar-refractivity contribution in [3.05, 3.63) is 35.4 Å². The Morgan fingerprint density at radius 3 is 2.18 bits per heavy atom. The largest absolute Gasteiger partial charge is 0.530 e. The summed E-state index contributed by atoms with van der Waals surface area (Å²) in [5.41, 5.74) is 0.717. The number of imide groups is 1. The zero-order valence-corrected chi connectivity index (χ0v) is 10.1. The molecule has 6 heteroatoms. The highest BCUT2D eigenvalue weighted by Gasteiger charge is 2.40. The van der Waals surface area contributed by atoms with Crippen LogP contribution in [0.2, 0.25) is 0 Å². The first kappa shape index (κ1) is 11.9. The van der Waals surface area contributed by atoms with Gasteiger partial charge in [-0.25, -0.2) is 4.90 Å². The summed E-state index contributed by atoms with van der Waals surface area (Å²) < 4.78 is 16.3. The van der Waals surface area contributed by atoms with Gasteiger partial charge in [0.2, 0.25) is 0 Å². The summed E-state index contributed by atoms with van der Waals surface area (Å²) in [6, 6.07) is 6.55. The molecule has 0 bridgehead atoms. The summed E-state index contributed by atoms with van der Waals surface area (Å²) in [5, 5.41) is 0. The minimum Gasteiger partial charge on any atom is -0.268 e. The van der Waals surface area contributed by atoms with Gasteiger partial charge in [-0.15, -0.1) is 4.52 Å². The third-order valence-corrected chi connectivity index (χ3v) is 3.47. The van der Waals surface area contributed by atoms with E-state index in [4.69, 9.17) is 4.52 Å². The van der Waals surface area contributed by atoms with E-state index in [2.05, 4.69) is 0 Å². The molecule has 1 aliphatic rings. The van der Waals surface area contributed by atoms with Gasteiger partial charge in [0.1, 0.15) is 0 Å². The Balaban J connectivity index is 2.22. The third-order valence-electron chi connectivity index (χ3n) is 2.41. The molecule has 17 heavy (non-hydrogen) atoms. The first-order valence-electron chi connectivity index (χ1n) is 5.18. The minimum atomic E-state index is -2.01. The van der Waals surface area contributed by atoms with Gasteiger partial charge in [-0.2, -0.15) is 0 Å². The van der Waals surface area contributed by atoms with Crippen molar-refractivity contribution < 1.29 is 18.7 Å². The van der Waals surface area contributed by atoms with Gasteiger partial charge in [0.15, 0.2) is 0 Å². The molecule has 1 aromatic rings. The second kappa shape index (κ2) is 4.73. The molecule has 1 aromatic carbocycles. The minimum absolute atomic E-state index is 0.185. The Labute approximate surface area is 99.2 Å². The van der Waals surface area contributed by atoms with Crippen molar-refractivity contribution in [1.29, 1.82) is 0 Å². The predicted octanol–water partition coefficient (Wildman–Crippen LogP) is 2.02. The molecule has 0 spiro atoms. The number of carbonyl (C=O) groups is 2. The van der Waals surface area contributed by atoms with Crippen LogP contribution in [0.25, 0.3) is 0 Å². The van der Waals surface area contributed by atoms with Gasteiger partial charge in [-0.3, -0.25) is 9.59 Å². The SMILES string of the molecule is CCO[P+](=O)CN1C(=O)c2ccccc2C1=O. The van der Waals surface area contributed by atoms with Crippen molar-refractivity contribution in [2.45, 2.75) is 6.92 Å². The van der Waals surface area contributed by atoms with Gasteiger partial charge in [0, 0.05) is 0 Å². The lowest BCUT2D eigenvalue weighted by molar-refractivity contribution is 0.0676. The molecule has 0 saturated heterocycles. The third kappa shape index (κ3) is 2.12. The van der Waals surface area contributed by atoms with Crippen LogP contribution in [0.4, 0.5) is 0 Å². The fourth-order valence-electron chi connectivity index (χ4n) is 1.67. The molecule has 0 N–H and O–H groups in total. The molecule has 0 saturated carbocycles.